The fourth-order valence-electron chi connectivity index (χ4n) is 3.61. The second-order valence-corrected chi connectivity index (χ2v) is 7.56. The molecule has 1 heterocycles. The quantitative estimate of drug-likeness (QED) is 0.699. The van der Waals surface area contributed by atoms with Gasteiger partial charge in [-0.15, -0.1) is 0 Å². The lowest BCUT2D eigenvalue weighted by Gasteiger charge is -2.31. The third-order valence-corrected chi connectivity index (χ3v) is 5.41. The molecule has 2 aromatic rings. The summed E-state index contributed by atoms with van der Waals surface area (Å²) >= 11 is 0. The van der Waals surface area contributed by atoms with E-state index in [-0.39, 0.29) is 24.6 Å². The van der Waals surface area contributed by atoms with Crippen LogP contribution in [-0.4, -0.2) is 50.3 Å². The summed E-state index contributed by atoms with van der Waals surface area (Å²) in [5.41, 5.74) is 1.98. The smallest absolute Gasteiger partial charge is 0.410 e. The van der Waals surface area contributed by atoms with Gasteiger partial charge in [-0.05, 0) is 42.5 Å². The molecule has 0 bridgehead atoms. The summed E-state index contributed by atoms with van der Waals surface area (Å²) < 4.78 is 15.9. The first-order valence-electron chi connectivity index (χ1n) is 10.5. The number of piperidine rings is 1. The highest BCUT2D eigenvalue weighted by Crippen LogP contribution is 2.28. The number of nitrogens with zero attached hydrogens (tertiary/aromatic N) is 1. The molecule has 1 N–H and O–H groups in total. The van der Waals surface area contributed by atoms with E-state index in [9.17, 15) is 9.59 Å². The number of carbonyl (C=O) groups excluding carboxylic acids is 2. The van der Waals surface area contributed by atoms with Crippen LogP contribution >= 0.6 is 0 Å². The highest BCUT2D eigenvalue weighted by molar-refractivity contribution is 5.76. The van der Waals surface area contributed by atoms with Gasteiger partial charge in [0, 0.05) is 25.6 Å². The molecule has 2 aromatic carbocycles. The van der Waals surface area contributed by atoms with Crippen molar-refractivity contribution < 1.29 is 23.8 Å². The van der Waals surface area contributed by atoms with Crippen molar-refractivity contribution in [3.63, 3.8) is 0 Å². The molecule has 0 radical (unpaired) electrons. The van der Waals surface area contributed by atoms with E-state index in [1.54, 1.807) is 19.1 Å². The van der Waals surface area contributed by atoms with Crippen LogP contribution in [0.25, 0.3) is 0 Å². The summed E-state index contributed by atoms with van der Waals surface area (Å²) in [6.45, 7) is 1.43. The topological polar surface area (TPSA) is 77.1 Å². The molecule has 0 spiro atoms. The van der Waals surface area contributed by atoms with Crippen molar-refractivity contribution in [3.05, 3.63) is 59.7 Å². The van der Waals surface area contributed by atoms with Crippen molar-refractivity contribution in [2.45, 2.75) is 38.3 Å². The van der Waals surface area contributed by atoms with Crippen molar-refractivity contribution in [2.75, 3.05) is 27.3 Å². The highest BCUT2D eigenvalue weighted by atomic mass is 16.6. The SMILES string of the molecule is COc1ccc(CCC(=O)NC2CCN(C(=O)OCc3ccccc3)CC2)cc1OC. The first kappa shape index (κ1) is 22.5. The predicted octanol–water partition coefficient (Wildman–Crippen LogP) is 3.55. The average Bonchev–Trinajstić information content (AvgIpc) is 2.82. The van der Waals surface area contributed by atoms with Crippen molar-refractivity contribution in [2.24, 2.45) is 0 Å². The van der Waals surface area contributed by atoms with Crippen LogP contribution in [0, 0.1) is 0 Å². The van der Waals surface area contributed by atoms with Gasteiger partial charge in [0.15, 0.2) is 11.5 Å². The molecule has 1 aliphatic heterocycles. The van der Waals surface area contributed by atoms with Gasteiger partial charge in [0.1, 0.15) is 6.61 Å². The Bertz CT molecular complexity index is 864. The van der Waals surface area contributed by atoms with Gasteiger partial charge < -0.3 is 24.4 Å². The summed E-state index contributed by atoms with van der Waals surface area (Å²) in [6, 6.07) is 15.4. The fourth-order valence-corrected chi connectivity index (χ4v) is 3.61. The van der Waals surface area contributed by atoms with Gasteiger partial charge >= 0.3 is 6.09 Å². The number of hydrogen-bond donors (Lipinski definition) is 1. The maximum Gasteiger partial charge on any atom is 0.410 e. The van der Waals surface area contributed by atoms with Gasteiger partial charge in [-0.1, -0.05) is 36.4 Å². The van der Waals surface area contributed by atoms with E-state index in [1.165, 1.54) is 0 Å². The predicted molar refractivity (Wildman–Crippen MR) is 117 cm³/mol. The minimum Gasteiger partial charge on any atom is -0.493 e. The molecule has 0 unspecified atom stereocenters. The third-order valence-electron chi connectivity index (χ3n) is 5.41. The van der Waals surface area contributed by atoms with Crippen molar-refractivity contribution in [3.8, 4) is 11.5 Å². The fraction of sp³-hybridized carbons (Fsp3) is 0.417. The number of amides is 2. The number of ether oxygens (including phenoxy) is 3. The van der Waals surface area contributed by atoms with Crippen molar-refractivity contribution in [1.82, 2.24) is 10.2 Å². The molecule has 7 nitrogen and oxygen atoms in total. The van der Waals surface area contributed by atoms with E-state index in [0.29, 0.717) is 37.4 Å². The van der Waals surface area contributed by atoms with E-state index in [4.69, 9.17) is 14.2 Å². The first-order chi connectivity index (χ1) is 15.1. The largest absolute Gasteiger partial charge is 0.493 e. The summed E-state index contributed by atoms with van der Waals surface area (Å²) in [7, 11) is 3.19. The molecular weight excluding hydrogens is 396 g/mol. The number of nitrogens with one attached hydrogen (secondary N) is 1. The summed E-state index contributed by atoms with van der Waals surface area (Å²) in [5, 5.41) is 3.08. The highest BCUT2D eigenvalue weighted by Gasteiger charge is 2.24. The summed E-state index contributed by atoms with van der Waals surface area (Å²) in [6.07, 6.45) is 2.17. The number of methoxy groups -OCH3 is 2. The lowest BCUT2D eigenvalue weighted by molar-refractivity contribution is -0.122. The number of aryl methyl sites for hydroxylation is 1. The number of carbonyl (C=O) groups is 2. The molecule has 3 rings (SSSR count). The number of hydrogen-bond acceptors (Lipinski definition) is 5. The van der Waals surface area contributed by atoms with E-state index >= 15 is 0 Å². The Labute approximate surface area is 183 Å². The standard InChI is InChI=1S/C24H30N2O5/c1-29-21-10-8-18(16-22(21)30-2)9-11-23(27)25-20-12-14-26(15-13-20)24(28)31-17-19-6-4-3-5-7-19/h3-8,10,16,20H,9,11-15,17H2,1-2H3,(H,25,27). The van der Waals surface area contributed by atoms with Crippen LogP contribution in [0.2, 0.25) is 0 Å². The first-order valence-corrected chi connectivity index (χ1v) is 10.5. The Hall–Kier alpha value is -3.22. The van der Waals surface area contributed by atoms with E-state index in [1.807, 2.05) is 48.5 Å². The van der Waals surface area contributed by atoms with Crippen molar-refractivity contribution in [1.29, 1.82) is 0 Å². The Kier molecular flexibility index (Phi) is 8.15. The van der Waals surface area contributed by atoms with E-state index in [2.05, 4.69) is 5.32 Å². The molecule has 1 aliphatic rings. The minimum atomic E-state index is -0.304. The minimum absolute atomic E-state index is 0.0138. The molecular formula is C24H30N2O5. The second-order valence-electron chi connectivity index (χ2n) is 7.56. The molecule has 0 aliphatic carbocycles. The number of benzene rings is 2. The zero-order valence-corrected chi connectivity index (χ0v) is 18.1. The molecule has 31 heavy (non-hydrogen) atoms. The number of rotatable bonds is 8. The zero-order valence-electron chi connectivity index (χ0n) is 18.1. The van der Waals surface area contributed by atoms with Crippen LogP contribution in [0.15, 0.2) is 48.5 Å². The molecule has 0 saturated carbocycles. The van der Waals surface area contributed by atoms with Gasteiger partial charge in [-0.25, -0.2) is 4.79 Å². The van der Waals surface area contributed by atoms with Crippen LogP contribution in [0.1, 0.15) is 30.4 Å². The Morgan fingerprint density at radius 2 is 1.68 bits per heavy atom. The molecule has 0 atom stereocenters. The van der Waals surface area contributed by atoms with E-state index < -0.39 is 0 Å². The van der Waals surface area contributed by atoms with Gasteiger partial charge in [0.2, 0.25) is 5.91 Å². The second kappa shape index (κ2) is 11.2. The van der Waals surface area contributed by atoms with E-state index in [0.717, 1.165) is 24.0 Å². The maximum atomic E-state index is 12.4. The van der Waals surface area contributed by atoms with Gasteiger partial charge in [0.25, 0.3) is 0 Å². The van der Waals surface area contributed by atoms with Gasteiger partial charge in [0.05, 0.1) is 14.2 Å². The van der Waals surface area contributed by atoms with Crippen LogP contribution in [0.4, 0.5) is 4.79 Å². The molecule has 1 saturated heterocycles. The monoisotopic (exact) mass is 426 g/mol. The molecule has 166 valence electrons. The molecule has 1 fully saturated rings. The molecule has 2 amide bonds. The summed E-state index contributed by atoms with van der Waals surface area (Å²) in [5.74, 6) is 1.34. The third kappa shape index (κ3) is 6.64. The zero-order chi connectivity index (χ0) is 22.1. The molecule has 0 aromatic heterocycles. The number of likely N-dealkylation sites (tertiary alicyclic amines) is 1. The normalized spacial score (nSPS) is 14.1. The van der Waals surface area contributed by atoms with Crippen LogP contribution < -0.4 is 14.8 Å². The van der Waals surface area contributed by atoms with Gasteiger partial charge in [-0.3, -0.25) is 4.79 Å². The Balaban J connectivity index is 1.37. The Morgan fingerprint density at radius 3 is 2.35 bits per heavy atom. The van der Waals surface area contributed by atoms with Crippen LogP contribution in [-0.2, 0) is 22.6 Å². The lowest BCUT2D eigenvalue weighted by atomic mass is 10.0. The summed E-state index contributed by atoms with van der Waals surface area (Å²) in [4.78, 5) is 26.3. The van der Waals surface area contributed by atoms with Crippen LogP contribution in [0.5, 0.6) is 11.5 Å². The van der Waals surface area contributed by atoms with Gasteiger partial charge in [-0.2, -0.15) is 0 Å². The Morgan fingerprint density at radius 1 is 0.968 bits per heavy atom. The average molecular weight is 427 g/mol. The van der Waals surface area contributed by atoms with Crippen LogP contribution in [0.3, 0.4) is 0 Å². The maximum absolute atomic E-state index is 12.4. The molecule has 7 heteroatoms. The lowest BCUT2D eigenvalue weighted by Crippen LogP contribution is -2.46. The van der Waals surface area contributed by atoms with Crippen molar-refractivity contribution >= 4 is 12.0 Å².